The lowest BCUT2D eigenvalue weighted by Gasteiger charge is -2.05. The van der Waals surface area contributed by atoms with E-state index in [1.54, 1.807) is 12.1 Å². The van der Waals surface area contributed by atoms with E-state index in [1.165, 1.54) is 6.07 Å². The van der Waals surface area contributed by atoms with Crippen molar-refractivity contribution in [3.63, 3.8) is 0 Å². The fraction of sp³-hybridized carbons (Fsp3) is 0.118. The maximum atomic E-state index is 13.4. The van der Waals surface area contributed by atoms with Crippen molar-refractivity contribution in [2.24, 2.45) is 0 Å². The van der Waals surface area contributed by atoms with Crippen molar-refractivity contribution in [2.45, 2.75) is 6.42 Å². The average Bonchev–Trinajstić information content (AvgIpc) is 2.79. The molecule has 0 aliphatic carbocycles. The van der Waals surface area contributed by atoms with Crippen LogP contribution in [0.2, 0.25) is 5.02 Å². The molecule has 0 bridgehead atoms. The van der Waals surface area contributed by atoms with Crippen LogP contribution in [0.15, 0.2) is 36.4 Å². The van der Waals surface area contributed by atoms with E-state index >= 15 is 0 Å². The van der Waals surface area contributed by atoms with Crippen molar-refractivity contribution in [3.8, 4) is 11.3 Å². The number of hydrogen-bond acceptors (Lipinski definition) is 1. The standard InChI is InChI=1S/C17H12ClFN2O/c18-12-8-9(4-5-13(12)19)16-10-6-7-20-17(22)11-2-1-3-14(21-16)15(10)11/h1-5,8,21H,6-7H2,(H,20,22). The summed E-state index contributed by atoms with van der Waals surface area (Å²) in [5.74, 6) is -0.503. The zero-order valence-electron chi connectivity index (χ0n) is 11.5. The van der Waals surface area contributed by atoms with Crippen LogP contribution < -0.4 is 5.32 Å². The number of rotatable bonds is 1. The minimum Gasteiger partial charge on any atom is -0.354 e. The molecule has 1 aliphatic heterocycles. The predicted molar refractivity (Wildman–Crippen MR) is 84.7 cm³/mol. The zero-order chi connectivity index (χ0) is 15.3. The largest absolute Gasteiger partial charge is 0.354 e. The van der Waals surface area contributed by atoms with Crippen LogP contribution in [0.1, 0.15) is 15.9 Å². The maximum absolute atomic E-state index is 13.4. The van der Waals surface area contributed by atoms with Gasteiger partial charge in [0.2, 0.25) is 0 Å². The van der Waals surface area contributed by atoms with Crippen LogP contribution in [-0.2, 0) is 6.42 Å². The van der Waals surface area contributed by atoms with Gasteiger partial charge in [-0.15, -0.1) is 0 Å². The van der Waals surface area contributed by atoms with Gasteiger partial charge in [0, 0.05) is 28.7 Å². The van der Waals surface area contributed by atoms with E-state index in [2.05, 4.69) is 10.3 Å². The Labute approximate surface area is 131 Å². The summed E-state index contributed by atoms with van der Waals surface area (Å²) in [5, 5.41) is 3.92. The number of benzene rings is 2. The normalized spacial score (nSPS) is 14.0. The molecule has 2 aromatic carbocycles. The van der Waals surface area contributed by atoms with Gasteiger partial charge in [-0.1, -0.05) is 17.7 Å². The second kappa shape index (κ2) is 4.85. The van der Waals surface area contributed by atoms with Crippen LogP contribution in [0.3, 0.4) is 0 Å². The first-order valence-electron chi connectivity index (χ1n) is 7.02. The second-order valence-electron chi connectivity index (χ2n) is 5.34. The number of aromatic amines is 1. The molecule has 0 saturated carbocycles. The molecule has 0 unspecified atom stereocenters. The van der Waals surface area contributed by atoms with E-state index in [0.29, 0.717) is 18.5 Å². The van der Waals surface area contributed by atoms with Gasteiger partial charge in [0.25, 0.3) is 5.91 Å². The highest BCUT2D eigenvalue weighted by atomic mass is 35.5. The van der Waals surface area contributed by atoms with E-state index in [1.807, 2.05) is 18.2 Å². The minimum absolute atomic E-state index is 0.0629. The number of amides is 1. The molecule has 1 amide bonds. The number of nitrogens with one attached hydrogen (secondary N) is 2. The van der Waals surface area contributed by atoms with E-state index in [-0.39, 0.29) is 10.9 Å². The number of H-pyrrole nitrogens is 1. The van der Waals surface area contributed by atoms with E-state index in [0.717, 1.165) is 27.7 Å². The summed E-state index contributed by atoms with van der Waals surface area (Å²) in [6.45, 7) is 0.572. The summed E-state index contributed by atoms with van der Waals surface area (Å²) in [6.07, 6.45) is 0.715. The molecule has 1 aromatic heterocycles. The molecule has 0 fully saturated rings. The van der Waals surface area contributed by atoms with Gasteiger partial charge in [-0.05, 0) is 47.9 Å². The van der Waals surface area contributed by atoms with Gasteiger partial charge in [0.05, 0.1) is 5.02 Å². The molecule has 3 nitrogen and oxygen atoms in total. The lowest BCUT2D eigenvalue weighted by atomic mass is 10.0. The first-order valence-corrected chi connectivity index (χ1v) is 7.40. The number of carbonyl (C=O) groups excluding carboxylic acids is 1. The zero-order valence-corrected chi connectivity index (χ0v) is 12.3. The van der Waals surface area contributed by atoms with Gasteiger partial charge in [0.1, 0.15) is 5.82 Å². The Bertz CT molecular complexity index is 916. The van der Waals surface area contributed by atoms with Crippen molar-refractivity contribution in [3.05, 3.63) is 58.4 Å². The number of hydrogen-bond donors (Lipinski definition) is 2. The smallest absolute Gasteiger partial charge is 0.251 e. The summed E-state index contributed by atoms with van der Waals surface area (Å²) >= 11 is 5.90. The van der Waals surface area contributed by atoms with Gasteiger partial charge in [0.15, 0.2) is 0 Å². The third-order valence-electron chi connectivity index (χ3n) is 4.04. The molecule has 3 aromatic rings. The fourth-order valence-electron chi connectivity index (χ4n) is 3.05. The lowest BCUT2D eigenvalue weighted by Crippen LogP contribution is -2.23. The number of carbonyl (C=O) groups is 1. The monoisotopic (exact) mass is 314 g/mol. The molecular weight excluding hydrogens is 303 g/mol. The molecule has 5 heteroatoms. The molecular formula is C17H12ClFN2O. The maximum Gasteiger partial charge on any atom is 0.251 e. The molecule has 4 rings (SSSR count). The van der Waals surface area contributed by atoms with E-state index in [9.17, 15) is 9.18 Å². The van der Waals surface area contributed by atoms with Crippen molar-refractivity contribution in [1.29, 1.82) is 0 Å². The van der Waals surface area contributed by atoms with Gasteiger partial charge >= 0.3 is 0 Å². The van der Waals surface area contributed by atoms with Crippen LogP contribution in [0, 0.1) is 5.82 Å². The Balaban J connectivity index is 2.03. The summed E-state index contributed by atoms with van der Waals surface area (Å²) in [5.41, 5.74) is 4.34. The van der Waals surface area contributed by atoms with Crippen LogP contribution >= 0.6 is 11.6 Å². The molecule has 0 radical (unpaired) electrons. The van der Waals surface area contributed by atoms with Crippen molar-refractivity contribution < 1.29 is 9.18 Å². The summed E-state index contributed by atoms with van der Waals surface area (Å²) in [4.78, 5) is 15.5. The third kappa shape index (κ3) is 1.91. The molecule has 2 N–H and O–H groups in total. The Morgan fingerprint density at radius 3 is 2.86 bits per heavy atom. The first kappa shape index (κ1) is 13.3. The van der Waals surface area contributed by atoms with Crippen molar-refractivity contribution in [2.75, 3.05) is 6.54 Å². The highest BCUT2D eigenvalue weighted by Crippen LogP contribution is 2.35. The topological polar surface area (TPSA) is 44.9 Å². The summed E-state index contributed by atoms with van der Waals surface area (Å²) in [7, 11) is 0. The Kier molecular flexibility index (Phi) is 2.94. The first-order chi connectivity index (χ1) is 10.6. The Hall–Kier alpha value is -2.33. The highest BCUT2D eigenvalue weighted by molar-refractivity contribution is 6.31. The van der Waals surface area contributed by atoms with Crippen LogP contribution in [0.4, 0.5) is 4.39 Å². The van der Waals surface area contributed by atoms with Crippen LogP contribution in [0.25, 0.3) is 22.2 Å². The summed E-state index contributed by atoms with van der Waals surface area (Å²) < 4.78 is 13.4. The highest BCUT2D eigenvalue weighted by Gasteiger charge is 2.22. The van der Waals surface area contributed by atoms with Gasteiger partial charge in [-0.3, -0.25) is 4.79 Å². The van der Waals surface area contributed by atoms with Crippen LogP contribution in [-0.4, -0.2) is 17.4 Å². The van der Waals surface area contributed by atoms with Crippen molar-refractivity contribution in [1.82, 2.24) is 10.3 Å². The number of halogens is 2. The second-order valence-corrected chi connectivity index (χ2v) is 5.75. The SMILES string of the molecule is O=C1NCCc2c(-c3ccc(F)c(Cl)c3)[nH]c3cccc1c23. The molecule has 0 spiro atoms. The average molecular weight is 315 g/mol. The molecule has 0 saturated heterocycles. The van der Waals surface area contributed by atoms with Crippen molar-refractivity contribution >= 4 is 28.4 Å². The predicted octanol–water partition coefficient (Wildman–Crippen LogP) is 3.91. The number of aromatic nitrogens is 1. The van der Waals surface area contributed by atoms with Crippen LogP contribution in [0.5, 0.6) is 0 Å². The quantitative estimate of drug-likeness (QED) is 0.702. The fourth-order valence-corrected chi connectivity index (χ4v) is 3.23. The minimum atomic E-state index is -0.440. The van der Waals surface area contributed by atoms with Gasteiger partial charge < -0.3 is 10.3 Å². The Morgan fingerprint density at radius 1 is 1.18 bits per heavy atom. The van der Waals surface area contributed by atoms with E-state index in [4.69, 9.17) is 11.6 Å². The molecule has 22 heavy (non-hydrogen) atoms. The van der Waals surface area contributed by atoms with Gasteiger partial charge in [-0.2, -0.15) is 0 Å². The van der Waals surface area contributed by atoms with Gasteiger partial charge in [-0.25, -0.2) is 4.39 Å². The molecule has 110 valence electrons. The lowest BCUT2D eigenvalue weighted by molar-refractivity contribution is 0.0957. The summed E-state index contributed by atoms with van der Waals surface area (Å²) in [6, 6.07) is 10.3. The molecule has 2 heterocycles. The Morgan fingerprint density at radius 2 is 2.05 bits per heavy atom. The molecule has 0 atom stereocenters. The third-order valence-corrected chi connectivity index (χ3v) is 4.33. The molecule has 1 aliphatic rings. The van der Waals surface area contributed by atoms with E-state index < -0.39 is 5.82 Å².